The van der Waals surface area contributed by atoms with Gasteiger partial charge in [0.05, 0.1) is 0 Å². The first-order valence-electron chi connectivity index (χ1n) is 6.84. The highest BCUT2D eigenvalue weighted by molar-refractivity contribution is 5.82. The predicted octanol–water partition coefficient (Wildman–Crippen LogP) is 1.63. The lowest BCUT2D eigenvalue weighted by Crippen LogP contribution is -2.52. The maximum atomic E-state index is 12.3. The monoisotopic (exact) mass is 262 g/mol. The maximum absolute atomic E-state index is 12.3. The minimum atomic E-state index is -0.532. The van der Waals surface area contributed by atoms with Gasteiger partial charge in [0.15, 0.2) is 6.10 Å². The molecule has 0 aliphatic carbocycles. The van der Waals surface area contributed by atoms with E-state index in [4.69, 9.17) is 4.74 Å². The van der Waals surface area contributed by atoms with Gasteiger partial charge in [-0.25, -0.2) is 0 Å². The van der Waals surface area contributed by atoms with Gasteiger partial charge in [0, 0.05) is 19.2 Å². The van der Waals surface area contributed by atoms with Crippen molar-refractivity contribution < 1.29 is 9.53 Å². The fourth-order valence-electron chi connectivity index (χ4n) is 2.52. The summed E-state index contributed by atoms with van der Waals surface area (Å²) in [6.45, 7) is 3.13. The second kappa shape index (κ2) is 6.68. The van der Waals surface area contributed by atoms with E-state index in [0.29, 0.717) is 6.04 Å². The van der Waals surface area contributed by atoms with Gasteiger partial charge in [0.25, 0.3) is 5.91 Å². The summed E-state index contributed by atoms with van der Waals surface area (Å²) in [5.41, 5.74) is 0.888. The number of methoxy groups -OCH3 is 1. The fourth-order valence-corrected chi connectivity index (χ4v) is 2.52. The quantitative estimate of drug-likeness (QED) is 0.867. The molecule has 2 N–H and O–H groups in total. The number of carbonyl (C=O) groups excluding carboxylic acids is 1. The Morgan fingerprint density at radius 1 is 1.42 bits per heavy atom. The minimum Gasteiger partial charge on any atom is -0.367 e. The lowest BCUT2D eigenvalue weighted by molar-refractivity contribution is -0.132. The second-order valence-corrected chi connectivity index (χ2v) is 5.03. The Balaban J connectivity index is 2.01. The zero-order valence-electron chi connectivity index (χ0n) is 11.6. The van der Waals surface area contributed by atoms with E-state index in [9.17, 15) is 4.79 Å². The van der Waals surface area contributed by atoms with Crippen LogP contribution in [0.1, 0.15) is 31.4 Å². The van der Waals surface area contributed by atoms with Crippen molar-refractivity contribution >= 4 is 5.91 Å². The highest BCUT2D eigenvalue weighted by atomic mass is 16.5. The number of ether oxygens (including phenoxy) is 1. The summed E-state index contributed by atoms with van der Waals surface area (Å²) in [5, 5.41) is 6.47. The molecule has 1 saturated heterocycles. The van der Waals surface area contributed by atoms with Crippen molar-refractivity contribution in [2.75, 3.05) is 13.7 Å². The molecule has 1 aromatic carbocycles. The SMILES string of the molecule is COC(C(=O)NC1CCCNC1C)c1ccccc1. The van der Waals surface area contributed by atoms with Crippen LogP contribution in [0.25, 0.3) is 0 Å². The normalized spacial score (nSPS) is 24.7. The summed E-state index contributed by atoms with van der Waals surface area (Å²) in [6, 6.07) is 10.1. The predicted molar refractivity (Wildman–Crippen MR) is 74.8 cm³/mol. The standard InChI is InChI=1S/C15H22N2O2/c1-11-13(9-6-10-16-11)17-15(18)14(19-2)12-7-4-3-5-8-12/h3-5,7-8,11,13-14,16H,6,9-10H2,1-2H3,(H,17,18). The molecule has 0 bridgehead atoms. The van der Waals surface area contributed by atoms with E-state index in [1.807, 2.05) is 30.3 Å². The van der Waals surface area contributed by atoms with E-state index in [1.54, 1.807) is 7.11 Å². The minimum absolute atomic E-state index is 0.0609. The van der Waals surface area contributed by atoms with Crippen LogP contribution >= 0.6 is 0 Å². The number of hydrogen-bond donors (Lipinski definition) is 2. The largest absolute Gasteiger partial charge is 0.367 e. The molecule has 3 unspecified atom stereocenters. The molecule has 1 aliphatic rings. The van der Waals surface area contributed by atoms with Gasteiger partial charge >= 0.3 is 0 Å². The number of rotatable bonds is 4. The number of nitrogens with one attached hydrogen (secondary N) is 2. The lowest BCUT2D eigenvalue weighted by atomic mass is 9.99. The van der Waals surface area contributed by atoms with Crippen molar-refractivity contribution in [1.29, 1.82) is 0 Å². The van der Waals surface area contributed by atoms with Crippen LogP contribution in [-0.2, 0) is 9.53 Å². The van der Waals surface area contributed by atoms with E-state index in [1.165, 1.54) is 0 Å². The van der Waals surface area contributed by atoms with Crippen LogP contribution in [-0.4, -0.2) is 31.6 Å². The summed E-state index contributed by atoms with van der Waals surface area (Å²) in [4.78, 5) is 12.3. The molecule has 104 valence electrons. The molecule has 19 heavy (non-hydrogen) atoms. The Bertz CT molecular complexity index is 408. The Morgan fingerprint density at radius 3 is 2.79 bits per heavy atom. The van der Waals surface area contributed by atoms with Crippen LogP contribution in [0.4, 0.5) is 0 Å². The van der Waals surface area contributed by atoms with Gasteiger partial charge in [-0.15, -0.1) is 0 Å². The van der Waals surface area contributed by atoms with Crippen LogP contribution in [0.15, 0.2) is 30.3 Å². The zero-order valence-corrected chi connectivity index (χ0v) is 11.6. The average molecular weight is 262 g/mol. The van der Waals surface area contributed by atoms with E-state index in [2.05, 4.69) is 17.6 Å². The number of hydrogen-bond acceptors (Lipinski definition) is 3. The Hall–Kier alpha value is -1.39. The molecule has 1 aromatic rings. The van der Waals surface area contributed by atoms with Crippen molar-refractivity contribution in [3.63, 3.8) is 0 Å². The van der Waals surface area contributed by atoms with Crippen molar-refractivity contribution in [3.05, 3.63) is 35.9 Å². The highest BCUT2D eigenvalue weighted by Gasteiger charge is 2.26. The van der Waals surface area contributed by atoms with Crippen LogP contribution < -0.4 is 10.6 Å². The molecule has 1 heterocycles. The molecular weight excluding hydrogens is 240 g/mol. The van der Waals surface area contributed by atoms with Crippen molar-refractivity contribution in [1.82, 2.24) is 10.6 Å². The molecule has 1 fully saturated rings. The van der Waals surface area contributed by atoms with E-state index < -0.39 is 6.10 Å². The second-order valence-electron chi connectivity index (χ2n) is 5.03. The smallest absolute Gasteiger partial charge is 0.254 e. The van der Waals surface area contributed by atoms with Crippen molar-refractivity contribution in [3.8, 4) is 0 Å². The van der Waals surface area contributed by atoms with Gasteiger partial charge in [-0.2, -0.15) is 0 Å². The third-order valence-electron chi connectivity index (χ3n) is 3.67. The molecule has 0 spiro atoms. The van der Waals surface area contributed by atoms with Gasteiger partial charge in [-0.1, -0.05) is 30.3 Å². The fraction of sp³-hybridized carbons (Fsp3) is 0.533. The first kappa shape index (κ1) is 14.0. The Labute approximate surface area is 114 Å². The summed E-state index contributed by atoms with van der Waals surface area (Å²) >= 11 is 0. The maximum Gasteiger partial charge on any atom is 0.254 e. The third kappa shape index (κ3) is 3.55. The first-order chi connectivity index (χ1) is 9.22. The number of benzene rings is 1. The average Bonchev–Trinajstić information content (AvgIpc) is 2.43. The third-order valence-corrected chi connectivity index (χ3v) is 3.67. The lowest BCUT2D eigenvalue weighted by Gasteiger charge is -2.31. The summed E-state index contributed by atoms with van der Waals surface area (Å²) < 4.78 is 5.34. The molecular formula is C15H22N2O2. The molecule has 4 heteroatoms. The van der Waals surface area contributed by atoms with Crippen LogP contribution in [0.3, 0.4) is 0 Å². The van der Waals surface area contributed by atoms with Gasteiger partial charge in [-0.3, -0.25) is 4.79 Å². The van der Waals surface area contributed by atoms with E-state index >= 15 is 0 Å². The van der Waals surface area contributed by atoms with Gasteiger partial charge in [0.1, 0.15) is 0 Å². The molecule has 0 aromatic heterocycles. The Morgan fingerprint density at radius 2 is 2.16 bits per heavy atom. The van der Waals surface area contributed by atoms with Gasteiger partial charge < -0.3 is 15.4 Å². The number of amides is 1. The zero-order chi connectivity index (χ0) is 13.7. The van der Waals surface area contributed by atoms with Crippen molar-refractivity contribution in [2.24, 2.45) is 0 Å². The highest BCUT2D eigenvalue weighted by Crippen LogP contribution is 2.17. The van der Waals surface area contributed by atoms with Crippen LogP contribution in [0, 0.1) is 0 Å². The topological polar surface area (TPSA) is 50.4 Å². The summed E-state index contributed by atoms with van der Waals surface area (Å²) in [5.74, 6) is -0.0609. The molecule has 0 radical (unpaired) electrons. The van der Waals surface area contributed by atoms with Crippen LogP contribution in [0.5, 0.6) is 0 Å². The van der Waals surface area contributed by atoms with E-state index in [0.717, 1.165) is 24.9 Å². The first-order valence-corrected chi connectivity index (χ1v) is 6.84. The summed E-state index contributed by atoms with van der Waals surface area (Å²) in [7, 11) is 1.57. The van der Waals surface area contributed by atoms with E-state index in [-0.39, 0.29) is 11.9 Å². The number of carbonyl (C=O) groups is 1. The summed E-state index contributed by atoms with van der Waals surface area (Å²) in [6.07, 6.45) is 1.58. The molecule has 3 atom stereocenters. The Kier molecular flexibility index (Phi) is 4.93. The molecule has 0 saturated carbocycles. The molecule has 1 aliphatic heterocycles. The van der Waals surface area contributed by atoms with Crippen molar-refractivity contribution in [2.45, 2.75) is 38.0 Å². The molecule has 1 amide bonds. The molecule has 2 rings (SSSR count). The number of piperidine rings is 1. The van der Waals surface area contributed by atoms with Gasteiger partial charge in [-0.05, 0) is 31.9 Å². The van der Waals surface area contributed by atoms with Crippen LogP contribution in [0.2, 0.25) is 0 Å². The van der Waals surface area contributed by atoms with Gasteiger partial charge in [0.2, 0.25) is 0 Å². The molecule has 4 nitrogen and oxygen atoms in total.